The SMILES string of the molecule is CC(C)Cc1ccc(C(N)Cl)cc1. The van der Waals surface area contributed by atoms with Crippen molar-refractivity contribution in [3.8, 4) is 0 Å². The van der Waals surface area contributed by atoms with Crippen molar-refractivity contribution in [2.24, 2.45) is 11.7 Å². The van der Waals surface area contributed by atoms with E-state index in [1.165, 1.54) is 5.56 Å². The Morgan fingerprint density at radius 2 is 1.77 bits per heavy atom. The predicted octanol–water partition coefficient (Wildman–Crippen LogP) is 3.08. The largest absolute Gasteiger partial charge is 0.312 e. The van der Waals surface area contributed by atoms with E-state index in [1.54, 1.807) is 0 Å². The van der Waals surface area contributed by atoms with Crippen molar-refractivity contribution in [2.45, 2.75) is 25.8 Å². The quantitative estimate of drug-likeness (QED) is 0.585. The maximum atomic E-state index is 5.74. The molecule has 0 aromatic heterocycles. The standard InChI is InChI=1S/C11H16ClN/c1-8(2)7-9-3-5-10(6-4-9)11(12)13/h3-6,8,11H,7,13H2,1-2H3. The minimum Gasteiger partial charge on any atom is -0.312 e. The van der Waals surface area contributed by atoms with Crippen LogP contribution in [-0.2, 0) is 6.42 Å². The maximum Gasteiger partial charge on any atom is 0.106 e. The summed E-state index contributed by atoms with van der Waals surface area (Å²) in [7, 11) is 0. The molecular formula is C11H16ClN. The molecular weight excluding hydrogens is 182 g/mol. The Bertz CT molecular complexity index is 251. The molecule has 1 aromatic rings. The molecule has 0 bridgehead atoms. The van der Waals surface area contributed by atoms with E-state index < -0.39 is 0 Å². The molecule has 13 heavy (non-hydrogen) atoms. The van der Waals surface area contributed by atoms with E-state index in [-0.39, 0.29) is 5.50 Å². The Morgan fingerprint density at radius 1 is 1.23 bits per heavy atom. The van der Waals surface area contributed by atoms with Gasteiger partial charge in [-0.05, 0) is 23.5 Å². The second-order valence-electron chi connectivity index (χ2n) is 3.74. The molecule has 1 nitrogen and oxygen atoms in total. The lowest BCUT2D eigenvalue weighted by molar-refractivity contribution is 0.647. The van der Waals surface area contributed by atoms with Gasteiger partial charge in [0.05, 0.1) is 0 Å². The zero-order valence-corrected chi connectivity index (χ0v) is 8.88. The molecule has 0 radical (unpaired) electrons. The van der Waals surface area contributed by atoms with E-state index in [0.29, 0.717) is 5.92 Å². The van der Waals surface area contributed by atoms with Crippen LogP contribution in [0.5, 0.6) is 0 Å². The summed E-state index contributed by atoms with van der Waals surface area (Å²) in [5, 5.41) is 0. The number of rotatable bonds is 3. The molecule has 0 spiro atoms. The number of alkyl halides is 1. The highest BCUT2D eigenvalue weighted by molar-refractivity contribution is 6.20. The summed E-state index contributed by atoms with van der Waals surface area (Å²) in [6.07, 6.45) is 1.11. The van der Waals surface area contributed by atoms with Crippen molar-refractivity contribution in [2.75, 3.05) is 0 Å². The number of hydrogen-bond acceptors (Lipinski definition) is 1. The van der Waals surface area contributed by atoms with Crippen LogP contribution >= 0.6 is 11.6 Å². The van der Waals surface area contributed by atoms with Crippen molar-refractivity contribution >= 4 is 11.6 Å². The second-order valence-corrected chi connectivity index (χ2v) is 4.21. The molecule has 0 aliphatic carbocycles. The number of nitrogens with two attached hydrogens (primary N) is 1. The van der Waals surface area contributed by atoms with E-state index in [0.717, 1.165) is 12.0 Å². The molecule has 0 amide bonds. The van der Waals surface area contributed by atoms with Gasteiger partial charge in [0.1, 0.15) is 5.50 Å². The van der Waals surface area contributed by atoms with Crippen molar-refractivity contribution in [1.29, 1.82) is 0 Å². The Morgan fingerprint density at radius 3 is 2.15 bits per heavy atom. The molecule has 0 heterocycles. The highest BCUT2D eigenvalue weighted by atomic mass is 35.5. The average molecular weight is 198 g/mol. The summed E-state index contributed by atoms with van der Waals surface area (Å²) in [5.41, 5.74) is 7.47. The van der Waals surface area contributed by atoms with Crippen molar-refractivity contribution in [1.82, 2.24) is 0 Å². The third-order valence-electron chi connectivity index (χ3n) is 1.94. The third-order valence-corrected chi connectivity index (χ3v) is 2.19. The lowest BCUT2D eigenvalue weighted by Crippen LogP contribution is -2.02. The lowest BCUT2D eigenvalue weighted by Gasteiger charge is -2.07. The van der Waals surface area contributed by atoms with Crippen LogP contribution in [-0.4, -0.2) is 0 Å². The number of hydrogen-bond donors (Lipinski definition) is 1. The van der Waals surface area contributed by atoms with E-state index in [9.17, 15) is 0 Å². The fourth-order valence-corrected chi connectivity index (χ4v) is 1.45. The van der Waals surface area contributed by atoms with Gasteiger partial charge in [-0.25, -0.2) is 0 Å². The molecule has 1 rings (SSSR count). The third kappa shape index (κ3) is 3.37. The van der Waals surface area contributed by atoms with Gasteiger partial charge in [0.2, 0.25) is 0 Å². The summed E-state index contributed by atoms with van der Waals surface area (Å²) in [4.78, 5) is 0. The first-order valence-electron chi connectivity index (χ1n) is 4.58. The minimum atomic E-state index is -0.381. The summed E-state index contributed by atoms with van der Waals surface area (Å²) < 4.78 is 0. The second kappa shape index (κ2) is 4.64. The molecule has 1 aromatic carbocycles. The summed E-state index contributed by atoms with van der Waals surface area (Å²) in [6.45, 7) is 4.42. The molecule has 2 N–H and O–H groups in total. The fourth-order valence-electron chi connectivity index (χ4n) is 1.31. The van der Waals surface area contributed by atoms with Gasteiger partial charge in [0.15, 0.2) is 0 Å². The summed E-state index contributed by atoms with van der Waals surface area (Å²) in [6, 6.07) is 8.18. The Kier molecular flexibility index (Phi) is 3.76. The lowest BCUT2D eigenvalue weighted by atomic mass is 10.0. The van der Waals surface area contributed by atoms with E-state index in [4.69, 9.17) is 17.3 Å². The Hall–Kier alpha value is -0.530. The molecule has 0 aliphatic rings. The zero-order chi connectivity index (χ0) is 9.84. The highest BCUT2D eigenvalue weighted by Gasteiger charge is 2.01. The Labute approximate surface area is 84.9 Å². The highest BCUT2D eigenvalue weighted by Crippen LogP contribution is 2.16. The van der Waals surface area contributed by atoms with E-state index in [2.05, 4.69) is 26.0 Å². The van der Waals surface area contributed by atoms with Crippen LogP contribution < -0.4 is 5.73 Å². The molecule has 2 heteroatoms. The first-order valence-corrected chi connectivity index (χ1v) is 5.01. The zero-order valence-electron chi connectivity index (χ0n) is 8.13. The molecule has 0 saturated heterocycles. The molecule has 0 fully saturated rings. The van der Waals surface area contributed by atoms with Crippen LogP contribution in [0, 0.1) is 5.92 Å². The van der Waals surface area contributed by atoms with Crippen LogP contribution in [0.15, 0.2) is 24.3 Å². The first kappa shape index (κ1) is 10.6. The summed E-state index contributed by atoms with van der Waals surface area (Å²) >= 11 is 5.74. The predicted molar refractivity (Wildman–Crippen MR) is 57.8 cm³/mol. The van der Waals surface area contributed by atoms with Crippen LogP contribution in [0.3, 0.4) is 0 Å². The first-order chi connectivity index (χ1) is 6.09. The monoisotopic (exact) mass is 197 g/mol. The van der Waals surface area contributed by atoms with E-state index >= 15 is 0 Å². The Balaban J connectivity index is 2.70. The van der Waals surface area contributed by atoms with Gasteiger partial charge in [-0.1, -0.05) is 38.1 Å². The minimum absolute atomic E-state index is 0.381. The smallest absolute Gasteiger partial charge is 0.106 e. The van der Waals surface area contributed by atoms with Gasteiger partial charge >= 0.3 is 0 Å². The van der Waals surface area contributed by atoms with Crippen LogP contribution in [0.4, 0.5) is 0 Å². The van der Waals surface area contributed by atoms with Gasteiger partial charge in [0.25, 0.3) is 0 Å². The number of halogens is 1. The molecule has 1 atom stereocenters. The van der Waals surface area contributed by atoms with Crippen molar-refractivity contribution in [3.05, 3.63) is 35.4 Å². The van der Waals surface area contributed by atoms with Gasteiger partial charge in [-0.2, -0.15) is 0 Å². The van der Waals surface area contributed by atoms with Gasteiger partial charge in [-0.3, -0.25) is 0 Å². The molecule has 1 unspecified atom stereocenters. The molecule has 0 saturated carbocycles. The van der Waals surface area contributed by atoms with Crippen molar-refractivity contribution in [3.63, 3.8) is 0 Å². The maximum absolute atomic E-state index is 5.74. The molecule has 72 valence electrons. The average Bonchev–Trinajstić information content (AvgIpc) is 2.04. The van der Waals surface area contributed by atoms with Crippen LogP contribution in [0.25, 0.3) is 0 Å². The van der Waals surface area contributed by atoms with Gasteiger partial charge < -0.3 is 5.73 Å². The molecule has 0 aliphatic heterocycles. The van der Waals surface area contributed by atoms with Gasteiger partial charge in [0, 0.05) is 0 Å². The normalized spacial score (nSPS) is 13.3. The fraction of sp³-hybridized carbons (Fsp3) is 0.455. The number of benzene rings is 1. The summed E-state index contributed by atoms with van der Waals surface area (Å²) in [5.74, 6) is 0.690. The van der Waals surface area contributed by atoms with Crippen molar-refractivity contribution < 1.29 is 0 Å². The van der Waals surface area contributed by atoms with Crippen LogP contribution in [0.2, 0.25) is 0 Å². The van der Waals surface area contributed by atoms with Crippen LogP contribution in [0.1, 0.15) is 30.5 Å². The topological polar surface area (TPSA) is 26.0 Å². The van der Waals surface area contributed by atoms with Gasteiger partial charge in [-0.15, -0.1) is 11.6 Å². The van der Waals surface area contributed by atoms with E-state index in [1.807, 2.05) is 12.1 Å².